The number of anilines is 2. The summed E-state index contributed by atoms with van der Waals surface area (Å²) >= 11 is 16.7. The number of carbonyl (C=O) groups is 1. The molecule has 1 saturated heterocycles. The van der Waals surface area contributed by atoms with Crippen LogP contribution in [0.25, 0.3) is 11.2 Å². The first-order chi connectivity index (χ1) is 15.3. The lowest BCUT2D eigenvalue weighted by molar-refractivity contribution is -0.125. The number of carbonyl (C=O) groups excluding carboxylic acids is 1. The zero-order chi connectivity index (χ0) is 22.6. The molecule has 2 aliphatic rings. The standard InChI is InChI=1S/C20H21BrCl2N8O/c21-12-5-13(22)14(23)16(30-4-3-20(25,7-30)19(32)29-10-1-2-10)11(12)6-31-9-28-15-17(24)26-8-27-18(15)31/h5,8-10H,1-4,6-7,25H2,(H,29,32)(H2,24,26,27). The summed E-state index contributed by atoms with van der Waals surface area (Å²) in [6.45, 7) is 1.32. The maximum absolute atomic E-state index is 12.8. The highest BCUT2D eigenvalue weighted by Crippen LogP contribution is 2.43. The lowest BCUT2D eigenvalue weighted by Crippen LogP contribution is -2.56. The van der Waals surface area contributed by atoms with Crippen molar-refractivity contribution in [3.05, 3.63) is 38.8 Å². The molecule has 3 heterocycles. The minimum absolute atomic E-state index is 0.117. The number of halogens is 3. The van der Waals surface area contributed by atoms with Crippen LogP contribution in [0.5, 0.6) is 0 Å². The van der Waals surface area contributed by atoms with E-state index in [1.165, 1.54) is 6.33 Å². The fourth-order valence-corrected chi connectivity index (χ4v) is 5.21. The summed E-state index contributed by atoms with van der Waals surface area (Å²) in [5.41, 5.74) is 14.2. The van der Waals surface area contributed by atoms with Gasteiger partial charge >= 0.3 is 0 Å². The van der Waals surface area contributed by atoms with Gasteiger partial charge in [-0.25, -0.2) is 15.0 Å². The van der Waals surface area contributed by atoms with Gasteiger partial charge in [0.1, 0.15) is 17.4 Å². The molecule has 1 aromatic carbocycles. The lowest BCUT2D eigenvalue weighted by Gasteiger charge is -2.28. The minimum Gasteiger partial charge on any atom is -0.382 e. The summed E-state index contributed by atoms with van der Waals surface area (Å²) in [7, 11) is 0. The second kappa shape index (κ2) is 8.02. The van der Waals surface area contributed by atoms with Crippen LogP contribution < -0.4 is 21.7 Å². The maximum atomic E-state index is 12.8. The zero-order valence-corrected chi connectivity index (χ0v) is 20.1. The van der Waals surface area contributed by atoms with E-state index in [1.807, 2.05) is 9.47 Å². The molecular weight excluding hydrogens is 519 g/mol. The highest BCUT2D eigenvalue weighted by atomic mass is 79.9. The number of nitrogens with zero attached hydrogens (tertiary/aromatic N) is 5. The van der Waals surface area contributed by atoms with Gasteiger partial charge in [0.25, 0.3) is 0 Å². The Balaban J connectivity index is 1.51. The maximum Gasteiger partial charge on any atom is 0.242 e. The average Bonchev–Trinajstić information content (AvgIpc) is 3.33. The highest BCUT2D eigenvalue weighted by molar-refractivity contribution is 9.10. The molecule has 5 N–H and O–H groups in total. The molecule has 1 amide bonds. The predicted octanol–water partition coefficient (Wildman–Crippen LogP) is 2.71. The minimum atomic E-state index is -0.985. The molecule has 1 aliphatic heterocycles. The van der Waals surface area contributed by atoms with Crippen LogP contribution in [0.4, 0.5) is 11.5 Å². The molecule has 1 unspecified atom stereocenters. The van der Waals surface area contributed by atoms with E-state index < -0.39 is 5.54 Å². The molecular formula is C20H21BrCl2N8O. The van der Waals surface area contributed by atoms with Crippen molar-refractivity contribution < 1.29 is 4.79 Å². The van der Waals surface area contributed by atoms with Crippen molar-refractivity contribution in [2.75, 3.05) is 23.7 Å². The number of imidazole rings is 1. The molecule has 5 rings (SSSR count). The van der Waals surface area contributed by atoms with Gasteiger partial charge < -0.3 is 26.3 Å². The fourth-order valence-electron chi connectivity index (χ4n) is 4.05. The van der Waals surface area contributed by atoms with Crippen molar-refractivity contribution in [1.29, 1.82) is 0 Å². The summed E-state index contributed by atoms with van der Waals surface area (Å²) in [5, 5.41) is 3.85. The number of hydrogen-bond acceptors (Lipinski definition) is 7. The third-order valence-electron chi connectivity index (χ3n) is 5.99. The monoisotopic (exact) mass is 538 g/mol. The summed E-state index contributed by atoms with van der Waals surface area (Å²) in [6, 6.07) is 2.01. The molecule has 168 valence electrons. The van der Waals surface area contributed by atoms with Gasteiger partial charge in [0.15, 0.2) is 11.5 Å². The van der Waals surface area contributed by atoms with Crippen molar-refractivity contribution >= 4 is 67.7 Å². The third kappa shape index (κ3) is 3.79. The number of nitrogen functional groups attached to an aromatic ring is 1. The first kappa shape index (κ1) is 21.7. The molecule has 1 atom stereocenters. The van der Waals surface area contributed by atoms with Gasteiger partial charge in [0.05, 0.1) is 28.6 Å². The van der Waals surface area contributed by atoms with Crippen molar-refractivity contribution in [2.24, 2.45) is 5.73 Å². The third-order valence-corrected chi connectivity index (χ3v) is 7.47. The molecule has 9 nitrogen and oxygen atoms in total. The number of aromatic nitrogens is 4. The van der Waals surface area contributed by atoms with E-state index >= 15 is 0 Å². The smallest absolute Gasteiger partial charge is 0.242 e. The summed E-state index contributed by atoms with van der Waals surface area (Å²) in [5.74, 6) is 0.199. The van der Waals surface area contributed by atoms with Gasteiger partial charge in [-0.15, -0.1) is 0 Å². The molecule has 0 spiro atoms. The number of amides is 1. The number of nitrogens with one attached hydrogen (secondary N) is 1. The van der Waals surface area contributed by atoms with Crippen LogP contribution in [0.2, 0.25) is 10.0 Å². The number of fused-ring (bicyclic) bond motifs is 1. The first-order valence-corrected chi connectivity index (χ1v) is 11.7. The van der Waals surface area contributed by atoms with Crippen LogP contribution in [0.1, 0.15) is 24.8 Å². The Kier molecular flexibility index (Phi) is 5.43. The van der Waals surface area contributed by atoms with E-state index in [0.29, 0.717) is 53.1 Å². The van der Waals surface area contributed by atoms with Crippen LogP contribution in [0.15, 0.2) is 23.2 Å². The Hall–Kier alpha value is -2.14. The number of hydrogen-bond donors (Lipinski definition) is 3. The Bertz CT molecular complexity index is 1230. The van der Waals surface area contributed by atoms with E-state index in [1.54, 1.807) is 12.4 Å². The second-order valence-corrected chi connectivity index (χ2v) is 10.00. The Morgan fingerprint density at radius 2 is 2.09 bits per heavy atom. The van der Waals surface area contributed by atoms with Gasteiger partial charge in [-0.05, 0) is 25.3 Å². The topological polar surface area (TPSA) is 128 Å². The van der Waals surface area contributed by atoms with Crippen LogP contribution >= 0.6 is 39.1 Å². The quantitative estimate of drug-likeness (QED) is 0.425. The van der Waals surface area contributed by atoms with Crippen molar-refractivity contribution in [3.63, 3.8) is 0 Å². The number of rotatable bonds is 5. The van der Waals surface area contributed by atoms with E-state index in [-0.39, 0.29) is 11.9 Å². The Labute approximate surface area is 202 Å². The lowest BCUT2D eigenvalue weighted by atomic mass is 9.99. The molecule has 1 saturated carbocycles. The van der Waals surface area contributed by atoms with Crippen molar-refractivity contribution in [1.82, 2.24) is 24.8 Å². The van der Waals surface area contributed by atoms with E-state index in [4.69, 9.17) is 34.7 Å². The predicted molar refractivity (Wildman–Crippen MR) is 128 cm³/mol. The van der Waals surface area contributed by atoms with Crippen LogP contribution in [-0.2, 0) is 11.3 Å². The van der Waals surface area contributed by atoms with Gasteiger partial charge in [-0.1, -0.05) is 39.1 Å². The van der Waals surface area contributed by atoms with Gasteiger partial charge in [-0.3, -0.25) is 4.79 Å². The van der Waals surface area contributed by atoms with Crippen molar-refractivity contribution in [2.45, 2.75) is 37.4 Å². The summed E-state index contributed by atoms with van der Waals surface area (Å²) in [4.78, 5) is 27.5. The van der Waals surface area contributed by atoms with Gasteiger partial charge in [0.2, 0.25) is 5.91 Å². The molecule has 1 aliphatic carbocycles. The van der Waals surface area contributed by atoms with Crippen LogP contribution in [0, 0.1) is 0 Å². The van der Waals surface area contributed by atoms with E-state index in [9.17, 15) is 4.79 Å². The number of benzene rings is 1. The molecule has 0 radical (unpaired) electrons. The van der Waals surface area contributed by atoms with Gasteiger partial charge in [-0.2, -0.15) is 0 Å². The van der Waals surface area contributed by atoms with E-state index in [2.05, 4.69) is 36.2 Å². The normalized spacial score (nSPS) is 20.8. The van der Waals surface area contributed by atoms with Crippen LogP contribution in [0.3, 0.4) is 0 Å². The Morgan fingerprint density at radius 3 is 2.84 bits per heavy atom. The average molecular weight is 540 g/mol. The molecule has 3 aromatic rings. The molecule has 0 bridgehead atoms. The Morgan fingerprint density at radius 1 is 1.31 bits per heavy atom. The van der Waals surface area contributed by atoms with Crippen LogP contribution in [-0.4, -0.2) is 50.1 Å². The molecule has 32 heavy (non-hydrogen) atoms. The second-order valence-electron chi connectivity index (χ2n) is 8.36. The molecule has 2 aromatic heterocycles. The summed E-state index contributed by atoms with van der Waals surface area (Å²) < 4.78 is 2.65. The van der Waals surface area contributed by atoms with Crippen molar-refractivity contribution in [3.8, 4) is 0 Å². The molecule has 2 fully saturated rings. The first-order valence-electron chi connectivity index (χ1n) is 10.2. The fraction of sp³-hybridized carbons (Fsp3) is 0.400. The van der Waals surface area contributed by atoms with Gasteiger partial charge in [0, 0.05) is 29.2 Å². The SMILES string of the molecule is Nc1ncnc2c1ncn2Cc1c(Br)cc(Cl)c(Cl)c1N1CCC(N)(C(=O)NC2CC2)C1. The highest BCUT2D eigenvalue weighted by Gasteiger charge is 2.44. The zero-order valence-electron chi connectivity index (χ0n) is 17.0. The number of nitrogens with two attached hydrogens (primary N) is 2. The largest absolute Gasteiger partial charge is 0.382 e. The molecule has 12 heteroatoms. The summed E-state index contributed by atoms with van der Waals surface area (Å²) in [6.07, 6.45) is 5.60. The van der Waals surface area contributed by atoms with E-state index in [0.717, 1.165) is 28.6 Å².